The van der Waals surface area contributed by atoms with E-state index in [0.717, 1.165) is 6.04 Å². The van der Waals surface area contributed by atoms with Crippen LogP contribution in [0.1, 0.15) is 13.8 Å². The molecule has 106 valence electrons. The first-order chi connectivity index (χ1) is 8.56. The molecule has 0 aliphatic carbocycles. The lowest BCUT2D eigenvalue weighted by Gasteiger charge is -2.22. The summed E-state index contributed by atoms with van der Waals surface area (Å²) in [4.78, 5) is 0.387. The quantitative estimate of drug-likeness (QED) is 0.604. The molecule has 0 N–H and O–H groups in total. The van der Waals surface area contributed by atoms with Crippen LogP contribution in [0.25, 0.3) is 0 Å². The van der Waals surface area contributed by atoms with E-state index in [1.807, 2.05) is 18.2 Å². The molecule has 0 saturated heterocycles. The van der Waals surface area contributed by atoms with Gasteiger partial charge < -0.3 is 0 Å². The molecule has 2 nitrogen and oxygen atoms in total. The maximum absolute atomic E-state index is 12.6. The van der Waals surface area contributed by atoms with Gasteiger partial charge in [-0.15, -0.1) is 0 Å². The van der Waals surface area contributed by atoms with Crippen molar-refractivity contribution in [3.05, 3.63) is 42.5 Å². The van der Waals surface area contributed by atoms with E-state index in [-0.39, 0.29) is 0 Å². The lowest BCUT2D eigenvalue weighted by molar-refractivity contribution is 0.572. The minimum absolute atomic E-state index is 0.387. The summed E-state index contributed by atoms with van der Waals surface area (Å²) >= 11 is 0. The average molecular weight is 297 g/mol. The molecule has 0 heterocycles. The van der Waals surface area contributed by atoms with Crippen LogP contribution >= 0.6 is 0 Å². The van der Waals surface area contributed by atoms with E-state index in [0.29, 0.717) is 4.90 Å². The zero-order valence-electron chi connectivity index (χ0n) is 12.5. The van der Waals surface area contributed by atoms with Gasteiger partial charge in [-0.25, -0.2) is 8.42 Å². The fraction of sp³-hybridized carbons (Fsp3) is 0.467. The van der Waals surface area contributed by atoms with Crippen molar-refractivity contribution in [2.75, 3.05) is 0 Å². The molecule has 0 aliphatic heterocycles. The highest BCUT2D eigenvalue weighted by atomic mass is 32.2. The number of benzene rings is 1. The molecule has 0 fully saturated rings. The van der Waals surface area contributed by atoms with Crippen LogP contribution in [0.15, 0.2) is 47.4 Å². The van der Waals surface area contributed by atoms with Gasteiger partial charge in [-0.05, 0) is 32.0 Å². The van der Waals surface area contributed by atoms with Crippen LogP contribution in [0, 0.1) is 0 Å². The fourth-order valence-corrected chi connectivity index (χ4v) is 3.91. The second-order valence-corrected chi connectivity index (χ2v) is 14.6. The Morgan fingerprint density at radius 1 is 1.11 bits per heavy atom. The summed E-state index contributed by atoms with van der Waals surface area (Å²) in [7, 11) is -4.50. The Balaban J connectivity index is 3.00. The minimum Gasteiger partial charge on any atom is -0.223 e. The third-order valence-corrected chi connectivity index (χ3v) is 6.87. The molecule has 0 amide bonds. The molecule has 19 heavy (non-hydrogen) atoms. The molecular weight excluding hydrogens is 272 g/mol. The minimum atomic E-state index is -3.33. The van der Waals surface area contributed by atoms with Gasteiger partial charge in [-0.2, -0.15) is 0 Å². The van der Waals surface area contributed by atoms with Crippen LogP contribution in [0.2, 0.25) is 25.7 Å². The summed E-state index contributed by atoms with van der Waals surface area (Å²) in [5.41, 5.74) is 0. The Kier molecular flexibility index (Phi) is 4.80. The van der Waals surface area contributed by atoms with Gasteiger partial charge in [0.25, 0.3) is 0 Å². The molecule has 1 aromatic carbocycles. The Bertz CT molecular complexity index is 537. The predicted molar refractivity (Wildman–Crippen MR) is 85.0 cm³/mol. The largest absolute Gasteiger partial charge is 0.223 e. The fourth-order valence-electron chi connectivity index (χ4n) is 1.69. The topological polar surface area (TPSA) is 34.1 Å². The molecular formula is C15H24O2SSi. The van der Waals surface area contributed by atoms with Crippen molar-refractivity contribution in [3.8, 4) is 0 Å². The molecule has 0 atom stereocenters. The van der Waals surface area contributed by atoms with Crippen LogP contribution in [-0.2, 0) is 9.84 Å². The van der Waals surface area contributed by atoms with Crippen LogP contribution in [0.5, 0.6) is 0 Å². The normalized spacial score (nSPS) is 13.9. The summed E-state index contributed by atoms with van der Waals surface area (Å²) in [5.74, 6) is 0. The van der Waals surface area contributed by atoms with E-state index in [9.17, 15) is 8.42 Å². The smallest absolute Gasteiger partial charge is 0.187 e. The van der Waals surface area contributed by atoms with E-state index in [2.05, 4.69) is 19.6 Å². The van der Waals surface area contributed by atoms with Crippen molar-refractivity contribution >= 4 is 17.9 Å². The zero-order chi connectivity index (χ0) is 14.7. The zero-order valence-corrected chi connectivity index (χ0v) is 14.3. The molecule has 1 rings (SSSR count). The van der Waals surface area contributed by atoms with Crippen LogP contribution in [0.4, 0.5) is 0 Å². The van der Waals surface area contributed by atoms with E-state index >= 15 is 0 Å². The molecule has 0 radical (unpaired) electrons. The summed E-state index contributed by atoms with van der Waals surface area (Å²) < 4.78 is 24.3. The Hall–Kier alpha value is -0.873. The molecule has 0 aromatic heterocycles. The second-order valence-electron chi connectivity index (χ2n) is 6.59. The highest BCUT2D eigenvalue weighted by Crippen LogP contribution is 2.27. The number of hydrogen-bond donors (Lipinski definition) is 0. The molecule has 0 bridgehead atoms. The highest BCUT2D eigenvalue weighted by molar-refractivity contribution is 7.93. The lowest BCUT2D eigenvalue weighted by atomic mass is 10.2. The first-order valence-electron chi connectivity index (χ1n) is 6.54. The van der Waals surface area contributed by atoms with Gasteiger partial charge in [0.1, 0.15) is 0 Å². The van der Waals surface area contributed by atoms with Crippen molar-refractivity contribution in [3.63, 3.8) is 0 Å². The molecule has 0 saturated carbocycles. The van der Waals surface area contributed by atoms with Gasteiger partial charge in [0.2, 0.25) is 0 Å². The van der Waals surface area contributed by atoms with Gasteiger partial charge in [0.05, 0.1) is 9.64 Å². The molecule has 4 heteroatoms. The van der Waals surface area contributed by atoms with Gasteiger partial charge in [-0.1, -0.05) is 50.0 Å². The standard InChI is InChI=1S/C15H24O2SSi/c1-15(2,12-9-13-19(3,4)5)18(16,17)14-10-7-6-8-11-14/h6-12H,13H2,1-5H3/b12-9+. The third-order valence-electron chi connectivity index (χ3n) is 3.00. The monoisotopic (exact) mass is 296 g/mol. The van der Waals surface area contributed by atoms with E-state index in [1.54, 1.807) is 38.1 Å². The van der Waals surface area contributed by atoms with E-state index < -0.39 is 22.7 Å². The lowest BCUT2D eigenvalue weighted by Crippen LogP contribution is -2.30. The summed E-state index contributed by atoms with van der Waals surface area (Å²) in [6, 6.07) is 9.66. The predicted octanol–water partition coefficient (Wildman–Crippen LogP) is 4.13. The average Bonchev–Trinajstić information content (AvgIpc) is 2.28. The summed E-state index contributed by atoms with van der Waals surface area (Å²) in [6.07, 6.45) is 3.88. The Labute approximate surface area is 118 Å². The van der Waals surface area contributed by atoms with Gasteiger partial charge in [0, 0.05) is 8.07 Å². The SMILES string of the molecule is CC(C)(/C=C/C[Si](C)(C)C)S(=O)(=O)c1ccccc1. The van der Waals surface area contributed by atoms with Crippen molar-refractivity contribution in [1.29, 1.82) is 0 Å². The number of hydrogen-bond acceptors (Lipinski definition) is 2. The van der Waals surface area contributed by atoms with Crippen molar-refractivity contribution in [2.45, 2.75) is 49.2 Å². The van der Waals surface area contributed by atoms with E-state index in [4.69, 9.17) is 0 Å². The van der Waals surface area contributed by atoms with Crippen LogP contribution in [-0.4, -0.2) is 21.2 Å². The van der Waals surface area contributed by atoms with Gasteiger partial charge in [-0.3, -0.25) is 0 Å². The molecule has 0 spiro atoms. The van der Waals surface area contributed by atoms with Crippen molar-refractivity contribution < 1.29 is 8.42 Å². The van der Waals surface area contributed by atoms with Crippen LogP contribution in [0.3, 0.4) is 0 Å². The van der Waals surface area contributed by atoms with Gasteiger partial charge in [0.15, 0.2) is 9.84 Å². The summed E-state index contributed by atoms with van der Waals surface area (Å²) in [5, 5.41) is 0. The molecule has 1 aromatic rings. The first kappa shape index (κ1) is 16.2. The van der Waals surface area contributed by atoms with E-state index in [1.165, 1.54) is 0 Å². The van der Waals surface area contributed by atoms with Crippen molar-refractivity contribution in [2.24, 2.45) is 0 Å². The Morgan fingerprint density at radius 2 is 1.63 bits per heavy atom. The molecule has 0 aliphatic rings. The third kappa shape index (κ3) is 4.32. The van der Waals surface area contributed by atoms with Crippen LogP contribution < -0.4 is 0 Å². The molecule has 0 unspecified atom stereocenters. The number of sulfone groups is 1. The maximum Gasteiger partial charge on any atom is 0.187 e. The number of rotatable bonds is 5. The Morgan fingerprint density at radius 3 is 2.11 bits per heavy atom. The maximum atomic E-state index is 12.6. The van der Waals surface area contributed by atoms with Crippen molar-refractivity contribution in [1.82, 2.24) is 0 Å². The summed E-state index contributed by atoms with van der Waals surface area (Å²) in [6.45, 7) is 10.3. The number of allylic oxidation sites excluding steroid dienone is 1. The second kappa shape index (κ2) is 5.63. The van der Waals surface area contributed by atoms with Gasteiger partial charge >= 0.3 is 0 Å². The first-order valence-corrected chi connectivity index (χ1v) is 11.7. The highest BCUT2D eigenvalue weighted by Gasteiger charge is 2.33.